The average Bonchev–Trinajstić information content (AvgIpc) is 2.81. The summed E-state index contributed by atoms with van der Waals surface area (Å²) < 4.78 is 10.1. The van der Waals surface area contributed by atoms with E-state index in [1.165, 1.54) is 12.1 Å². The lowest BCUT2D eigenvalue weighted by atomic mass is 10.1. The lowest BCUT2D eigenvalue weighted by Gasteiger charge is -2.28. The van der Waals surface area contributed by atoms with E-state index in [9.17, 15) is 19.7 Å². The van der Waals surface area contributed by atoms with Crippen LogP contribution in [0, 0.1) is 10.1 Å². The third kappa shape index (κ3) is 5.94. The van der Waals surface area contributed by atoms with Crippen molar-refractivity contribution in [1.29, 1.82) is 0 Å². The minimum absolute atomic E-state index is 0.0374. The van der Waals surface area contributed by atoms with Crippen LogP contribution in [0.25, 0.3) is 0 Å². The maximum atomic E-state index is 12.3. The van der Waals surface area contributed by atoms with Gasteiger partial charge in [0.25, 0.3) is 11.6 Å². The van der Waals surface area contributed by atoms with Crippen molar-refractivity contribution in [2.24, 2.45) is 0 Å². The molecule has 9 nitrogen and oxygen atoms in total. The van der Waals surface area contributed by atoms with Gasteiger partial charge in [0, 0.05) is 25.7 Å². The fraction of sp³-hybridized carbons (Fsp3) is 0.364. The number of amides is 1. The third-order valence-corrected chi connectivity index (χ3v) is 5.09. The van der Waals surface area contributed by atoms with E-state index in [0.29, 0.717) is 11.4 Å². The Morgan fingerprint density at radius 3 is 2.45 bits per heavy atom. The molecule has 3 rings (SSSR count). The molecule has 1 fully saturated rings. The van der Waals surface area contributed by atoms with Gasteiger partial charge in [0.1, 0.15) is 11.4 Å². The molecule has 164 valence electrons. The van der Waals surface area contributed by atoms with Gasteiger partial charge in [-0.25, -0.2) is 4.79 Å². The average molecular weight is 427 g/mol. The van der Waals surface area contributed by atoms with Crippen LogP contribution in [-0.4, -0.2) is 43.6 Å². The van der Waals surface area contributed by atoms with E-state index in [2.05, 4.69) is 5.32 Å². The molecule has 1 aliphatic rings. The Kier molecular flexibility index (Phi) is 7.42. The van der Waals surface area contributed by atoms with E-state index >= 15 is 0 Å². The molecule has 2 aromatic rings. The van der Waals surface area contributed by atoms with Gasteiger partial charge >= 0.3 is 5.97 Å². The van der Waals surface area contributed by atoms with Crippen molar-refractivity contribution in [2.75, 3.05) is 31.7 Å². The summed E-state index contributed by atoms with van der Waals surface area (Å²) in [6.07, 6.45) is 3.06. The summed E-state index contributed by atoms with van der Waals surface area (Å²) in [6.45, 7) is 1.30. The van der Waals surface area contributed by atoms with Crippen LogP contribution in [0.15, 0.2) is 42.5 Å². The number of nitro groups is 1. The predicted octanol–water partition coefficient (Wildman–Crippen LogP) is 3.07. The molecular weight excluding hydrogens is 402 g/mol. The van der Waals surface area contributed by atoms with Gasteiger partial charge in [-0.05, 0) is 49.1 Å². The first-order chi connectivity index (χ1) is 15.0. The van der Waals surface area contributed by atoms with E-state index in [4.69, 9.17) is 9.47 Å². The molecule has 1 amide bonds. The van der Waals surface area contributed by atoms with Crippen LogP contribution in [0.4, 0.5) is 11.4 Å². The number of rotatable bonds is 8. The van der Waals surface area contributed by atoms with Gasteiger partial charge in [-0.15, -0.1) is 0 Å². The van der Waals surface area contributed by atoms with E-state index in [0.717, 1.165) is 37.9 Å². The molecule has 0 spiro atoms. The Labute approximate surface area is 180 Å². The number of nitrogens with one attached hydrogen (secondary N) is 1. The Bertz CT molecular complexity index is 939. The zero-order valence-corrected chi connectivity index (χ0v) is 17.3. The first kappa shape index (κ1) is 22.1. The first-order valence-corrected chi connectivity index (χ1v) is 10.1. The van der Waals surface area contributed by atoms with Crippen LogP contribution in [0.2, 0.25) is 0 Å². The molecule has 0 aromatic heterocycles. The van der Waals surface area contributed by atoms with E-state index in [1.807, 2.05) is 17.0 Å². The Morgan fingerprint density at radius 1 is 1.10 bits per heavy atom. The second-order valence-electron chi connectivity index (χ2n) is 7.21. The molecule has 1 N–H and O–H groups in total. The van der Waals surface area contributed by atoms with Crippen molar-refractivity contribution in [3.05, 3.63) is 63.7 Å². The molecular formula is C22H25N3O6. The number of carbonyl (C=O) groups is 2. The van der Waals surface area contributed by atoms with Crippen molar-refractivity contribution < 1.29 is 24.0 Å². The smallest absolute Gasteiger partial charge is 0.338 e. The SMILES string of the molecule is COc1ccc(CNC(=O)COC(=O)c2ccc(N3CCCCC3)c([N+](=O)[O-])c2)cc1. The lowest BCUT2D eigenvalue weighted by Crippen LogP contribution is -2.30. The van der Waals surface area contributed by atoms with Gasteiger partial charge in [-0.3, -0.25) is 14.9 Å². The highest BCUT2D eigenvalue weighted by Gasteiger charge is 2.23. The predicted molar refractivity (Wildman–Crippen MR) is 114 cm³/mol. The molecule has 0 radical (unpaired) electrons. The number of nitrogens with zero attached hydrogens (tertiary/aromatic N) is 2. The second-order valence-corrected chi connectivity index (χ2v) is 7.21. The van der Waals surface area contributed by atoms with Crippen molar-refractivity contribution in [1.82, 2.24) is 5.32 Å². The van der Waals surface area contributed by atoms with Crippen molar-refractivity contribution in [3.63, 3.8) is 0 Å². The Hall–Kier alpha value is -3.62. The van der Waals surface area contributed by atoms with Crippen LogP contribution in [0.1, 0.15) is 35.2 Å². The van der Waals surface area contributed by atoms with Crippen molar-refractivity contribution >= 4 is 23.3 Å². The van der Waals surface area contributed by atoms with Gasteiger partial charge in [-0.2, -0.15) is 0 Å². The Balaban J connectivity index is 1.56. The molecule has 2 aromatic carbocycles. The van der Waals surface area contributed by atoms with Crippen LogP contribution in [0.3, 0.4) is 0 Å². The number of esters is 1. The van der Waals surface area contributed by atoms with Crippen LogP contribution < -0.4 is 15.0 Å². The highest BCUT2D eigenvalue weighted by atomic mass is 16.6. The quantitative estimate of drug-likeness (QED) is 0.391. The fourth-order valence-corrected chi connectivity index (χ4v) is 3.41. The third-order valence-electron chi connectivity index (χ3n) is 5.09. The first-order valence-electron chi connectivity index (χ1n) is 10.1. The fourth-order valence-electron chi connectivity index (χ4n) is 3.41. The van der Waals surface area contributed by atoms with Crippen LogP contribution >= 0.6 is 0 Å². The number of carbonyl (C=O) groups excluding carboxylic acids is 2. The minimum Gasteiger partial charge on any atom is -0.497 e. The number of ether oxygens (including phenoxy) is 2. The number of anilines is 1. The summed E-state index contributed by atoms with van der Waals surface area (Å²) >= 11 is 0. The zero-order chi connectivity index (χ0) is 22.2. The molecule has 0 bridgehead atoms. The molecule has 0 saturated carbocycles. The molecule has 1 heterocycles. The molecule has 1 aliphatic heterocycles. The Morgan fingerprint density at radius 2 is 1.81 bits per heavy atom. The summed E-state index contributed by atoms with van der Waals surface area (Å²) in [4.78, 5) is 37.3. The van der Waals surface area contributed by atoms with Crippen LogP contribution in [0.5, 0.6) is 5.75 Å². The minimum atomic E-state index is -0.784. The number of piperidine rings is 1. The van der Waals surface area contributed by atoms with E-state index in [1.54, 1.807) is 25.3 Å². The topological polar surface area (TPSA) is 111 Å². The summed E-state index contributed by atoms with van der Waals surface area (Å²) in [5, 5.41) is 14.2. The monoisotopic (exact) mass is 427 g/mol. The maximum absolute atomic E-state index is 12.3. The maximum Gasteiger partial charge on any atom is 0.338 e. The number of hydrogen-bond donors (Lipinski definition) is 1. The molecule has 0 aliphatic carbocycles. The van der Waals surface area contributed by atoms with Gasteiger partial charge in [0.05, 0.1) is 17.6 Å². The van der Waals surface area contributed by atoms with E-state index < -0.39 is 23.4 Å². The van der Waals surface area contributed by atoms with Crippen molar-refractivity contribution in [2.45, 2.75) is 25.8 Å². The number of nitro benzene ring substituents is 1. The summed E-state index contributed by atoms with van der Waals surface area (Å²) in [6, 6.07) is 11.5. The van der Waals surface area contributed by atoms with E-state index in [-0.39, 0.29) is 17.8 Å². The van der Waals surface area contributed by atoms with Gasteiger partial charge in [-0.1, -0.05) is 12.1 Å². The van der Waals surface area contributed by atoms with Crippen molar-refractivity contribution in [3.8, 4) is 5.75 Å². The highest BCUT2D eigenvalue weighted by molar-refractivity contribution is 5.93. The standard InChI is InChI=1S/C22H25N3O6/c1-30-18-8-5-16(6-9-18)14-23-21(26)15-31-22(27)17-7-10-19(20(13-17)25(28)29)24-11-3-2-4-12-24/h5-10,13H,2-4,11-12,14-15H2,1H3,(H,23,26). The second kappa shape index (κ2) is 10.4. The van der Waals surface area contributed by atoms with Gasteiger partial charge in [0.2, 0.25) is 0 Å². The molecule has 1 saturated heterocycles. The summed E-state index contributed by atoms with van der Waals surface area (Å²) in [5.74, 6) is -0.541. The lowest BCUT2D eigenvalue weighted by molar-refractivity contribution is -0.384. The molecule has 31 heavy (non-hydrogen) atoms. The number of hydrogen-bond acceptors (Lipinski definition) is 7. The molecule has 9 heteroatoms. The van der Waals surface area contributed by atoms with Crippen LogP contribution in [-0.2, 0) is 16.1 Å². The molecule has 0 atom stereocenters. The molecule has 0 unspecified atom stereocenters. The summed E-state index contributed by atoms with van der Waals surface area (Å²) in [5.41, 5.74) is 1.26. The van der Waals surface area contributed by atoms with Gasteiger partial charge in [0.15, 0.2) is 6.61 Å². The summed E-state index contributed by atoms with van der Waals surface area (Å²) in [7, 11) is 1.57. The number of benzene rings is 2. The zero-order valence-electron chi connectivity index (χ0n) is 17.3. The number of methoxy groups -OCH3 is 1. The van der Waals surface area contributed by atoms with Gasteiger partial charge < -0.3 is 19.7 Å². The highest BCUT2D eigenvalue weighted by Crippen LogP contribution is 2.31. The normalized spacial score (nSPS) is 13.4. The largest absolute Gasteiger partial charge is 0.497 e.